The van der Waals surface area contributed by atoms with Crippen LogP contribution >= 0.6 is 12.2 Å². The molecular weight excluding hydrogens is 230 g/mol. The maximum atomic E-state index is 5.71. The van der Waals surface area contributed by atoms with Crippen molar-refractivity contribution in [3.8, 4) is 0 Å². The molecule has 2 N–H and O–H groups in total. The summed E-state index contributed by atoms with van der Waals surface area (Å²) < 4.78 is 5.71. The number of hydrogen-bond donors (Lipinski definition) is 1. The topological polar surface area (TPSA) is 35.2 Å². The summed E-state index contributed by atoms with van der Waals surface area (Å²) in [5.74, 6) is 0.608. The van der Waals surface area contributed by atoms with E-state index in [1.165, 1.54) is 12.8 Å². The van der Waals surface area contributed by atoms with Crippen LogP contribution in [0.15, 0.2) is 24.3 Å². The molecule has 0 aromatic heterocycles. The number of benzene rings is 1. The molecular formula is C14H21NOS. The Morgan fingerprint density at radius 3 is 2.76 bits per heavy atom. The summed E-state index contributed by atoms with van der Waals surface area (Å²) in [5.41, 5.74) is 7.66. The minimum absolute atomic E-state index is 0.436. The van der Waals surface area contributed by atoms with Gasteiger partial charge in [-0.25, -0.2) is 0 Å². The van der Waals surface area contributed by atoms with Gasteiger partial charge in [0.25, 0.3) is 0 Å². The predicted octanol–water partition coefficient (Wildman–Crippen LogP) is 3.27. The first-order valence-corrected chi connectivity index (χ1v) is 6.51. The lowest BCUT2D eigenvalue weighted by atomic mass is 10.1. The molecule has 0 spiro atoms. The second-order valence-electron chi connectivity index (χ2n) is 4.43. The standard InChI is InChI=1S/C14H21NOS/c1-3-6-11(2)9-16-10-12-7-4-5-8-13(12)14(15)17/h4-5,7-8,11H,3,6,9-10H2,1-2H3,(H2,15,17). The minimum Gasteiger partial charge on any atom is -0.389 e. The number of rotatable bonds is 7. The summed E-state index contributed by atoms with van der Waals surface area (Å²) in [5, 5.41) is 0. The molecule has 0 radical (unpaired) electrons. The van der Waals surface area contributed by atoms with E-state index in [0.29, 0.717) is 17.5 Å². The highest BCUT2D eigenvalue weighted by Crippen LogP contribution is 2.12. The van der Waals surface area contributed by atoms with Gasteiger partial charge in [-0.3, -0.25) is 0 Å². The average Bonchev–Trinajstić information content (AvgIpc) is 2.30. The monoisotopic (exact) mass is 251 g/mol. The molecule has 1 aromatic carbocycles. The van der Waals surface area contributed by atoms with Gasteiger partial charge in [0, 0.05) is 12.2 Å². The van der Waals surface area contributed by atoms with Gasteiger partial charge in [0.15, 0.2) is 0 Å². The van der Waals surface area contributed by atoms with Crippen LogP contribution < -0.4 is 5.73 Å². The van der Waals surface area contributed by atoms with E-state index in [4.69, 9.17) is 22.7 Å². The fourth-order valence-corrected chi connectivity index (χ4v) is 2.03. The highest BCUT2D eigenvalue weighted by Gasteiger charge is 2.05. The number of nitrogens with two attached hydrogens (primary N) is 1. The Bertz CT molecular complexity index is 365. The Morgan fingerprint density at radius 1 is 1.41 bits per heavy atom. The van der Waals surface area contributed by atoms with E-state index in [9.17, 15) is 0 Å². The number of ether oxygens (including phenoxy) is 1. The van der Waals surface area contributed by atoms with Gasteiger partial charge < -0.3 is 10.5 Å². The van der Waals surface area contributed by atoms with Crippen LogP contribution in [0.1, 0.15) is 37.8 Å². The summed E-state index contributed by atoms with van der Waals surface area (Å²) >= 11 is 5.02. The van der Waals surface area contributed by atoms with Gasteiger partial charge in [-0.05, 0) is 17.9 Å². The maximum absolute atomic E-state index is 5.71. The Morgan fingerprint density at radius 2 is 2.12 bits per heavy atom. The zero-order valence-corrected chi connectivity index (χ0v) is 11.4. The molecule has 0 saturated carbocycles. The van der Waals surface area contributed by atoms with Gasteiger partial charge in [0.1, 0.15) is 4.99 Å². The predicted molar refractivity (Wildman–Crippen MR) is 76.1 cm³/mol. The Labute approximate surface area is 109 Å². The Balaban J connectivity index is 2.49. The molecule has 1 atom stereocenters. The summed E-state index contributed by atoms with van der Waals surface area (Å²) in [4.78, 5) is 0.436. The van der Waals surface area contributed by atoms with Gasteiger partial charge in [-0.1, -0.05) is 56.8 Å². The minimum atomic E-state index is 0.436. The van der Waals surface area contributed by atoms with E-state index in [-0.39, 0.29) is 0 Å². The van der Waals surface area contributed by atoms with Crippen molar-refractivity contribution in [2.24, 2.45) is 11.7 Å². The largest absolute Gasteiger partial charge is 0.389 e. The molecule has 0 aliphatic rings. The molecule has 1 rings (SSSR count). The molecule has 0 amide bonds. The van der Waals surface area contributed by atoms with Gasteiger partial charge >= 0.3 is 0 Å². The molecule has 94 valence electrons. The van der Waals surface area contributed by atoms with Crippen LogP contribution in [-0.4, -0.2) is 11.6 Å². The van der Waals surface area contributed by atoms with E-state index in [2.05, 4.69) is 13.8 Å². The van der Waals surface area contributed by atoms with Crippen LogP contribution in [0.25, 0.3) is 0 Å². The zero-order valence-electron chi connectivity index (χ0n) is 10.6. The van der Waals surface area contributed by atoms with Crippen LogP contribution in [0, 0.1) is 5.92 Å². The van der Waals surface area contributed by atoms with Gasteiger partial charge in [0.05, 0.1) is 6.61 Å². The van der Waals surface area contributed by atoms with Crippen molar-refractivity contribution in [2.45, 2.75) is 33.3 Å². The second-order valence-corrected chi connectivity index (χ2v) is 4.87. The second kappa shape index (κ2) is 7.41. The van der Waals surface area contributed by atoms with E-state index in [1.807, 2.05) is 24.3 Å². The number of hydrogen-bond acceptors (Lipinski definition) is 2. The SMILES string of the molecule is CCCC(C)COCc1ccccc1C(N)=S. The summed E-state index contributed by atoms with van der Waals surface area (Å²) in [7, 11) is 0. The van der Waals surface area contributed by atoms with Crippen molar-refractivity contribution < 1.29 is 4.74 Å². The first kappa shape index (κ1) is 14.1. The third-order valence-corrected chi connectivity index (χ3v) is 2.94. The molecule has 0 fully saturated rings. The van der Waals surface area contributed by atoms with Crippen molar-refractivity contribution in [1.29, 1.82) is 0 Å². The van der Waals surface area contributed by atoms with E-state index < -0.39 is 0 Å². The highest BCUT2D eigenvalue weighted by molar-refractivity contribution is 7.80. The molecule has 17 heavy (non-hydrogen) atoms. The van der Waals surface area contributed by atoms with Crippen molar-refractivity contribution in [3.05, 3.63) is 35.4 Å². The van der Waals surface area contributed by atoms with E-state index >= 15 is 0 Å². The van der Waals surface area contributed by atoms with E-state index in [1.54, 1.807) is 0 Å². The van der Waals surface area contributed by atoms with Crippen LogP contribution in [0.3, 0.4) is 0 Å². The summed E-state index contributed by atoms with van der Waals surface area (Å²) in [6.07, 6.45) is 2.41. The lowest BCUT2D eigenvalue weighted by Gasteiger charge is -2.12. The fraction of sp³-hybridized carbons (Fsp3) is 0.500. The average molecular weight is 251 g/mol. The van der Waals surface area contributed by atoms with Crippen molar-refractivity contribution in [1.82, 2.24) is 0 Å². The van der Waals surface area contributed by atoms with Crippen LogP contribution in [0.4, 0.5) is 0 Å². The first-order valence-electron chi connectivity index (χ1n) is 6.10. The fourth-order valence-electron chi connectivity index (χ4n) is 1.83. The summed E-state index contributed by atoms with van der Waals surface area (Å²) in [6.45, 7) is 5.78. The zero-order chi connectivity index (χ0) is 12.7. The molecule has 0 heterocycles. The molecule has 2 nitrogen and oxygen atoms in total. The normalized spacial score (nSPS) is 12.4. The van der Waals surface area contributed by atoms with E-state index in [0.717, 1.165) is 17.7 Å². The third-order valence-electron chi connectivity index (χ3n) is 2.72. The lowest BCUT2D eigenvalue weighted by molar-refractivity contribution is 0.0893. The van der Waals surface area contributed by atoms with Crippen molar-refractivity contribution in [3.63, 3.8) is 0 Å². The Kier molecular flexibility index (Phi) is 6.16. The number of thiocarbonyl (C=S) groups is 1. The molecule has 0 aliphatic carbocycles. The molecule has 1 aromatic rings. The van der Waals surface area contributed by atoms with Crippen LogP contribution in [0.2, 0.25) is 0 Å². The molecule has 1 unspecified atom stereocenters. The van der Waals surface area contributed by atoms with Gasteiger partial charge in [0.2, 0.25) is 0 Å². The van der Waals surface area contributed by atoms with Gasteiger partial charge in [-0.2, -0.15) is 0 Å². The molecule has 0 saturated heterocycles. The first-order chi connectivity index (χ1) is 8.15. The highest BCUT2D eigenvalue weighted by atomic mass is 32.1. The van der Waals surface area contributed by atoms with Crippen molar-refractivity contribution >= 4 is 17.2 Å². The molecule has 0 bridgehead atoms. The molecule has 0 aliphatic heterocycles. The maximum Gasteiger partial charge on any atom is 0.104 e. The quantitative estimate of drug-likeness (QED) is 0.755. The third kappa shape index (κ3) is 4.84. The van der Waals surface area contributed by atoms with Crippen LogP contribution in [-0.2, 0) is 11.3 Å². The van der Waals surface area contributed by atoms with Crippen molar-refractivity contribution in [2.75, 3.05) is 6.61 Å². The molecule has 3 heteroatoms. The summed E-state index contributed by atoms with van der Waals surface area (Å²) in [6, 6.07) is 7.88. The lowest BCUT2D eigenvalue weighted by Crippen LogP contribution is -2.13. The smallest absolute Gasteiger partial charge is 0.104 e. The Hall–Kier alpha value is -0.930. The van der Waals surface area contributed by atoms with Gasteiger partial charge in [-0.15, -0.1) is 0 Å². The van der Waals surface area contributed by atoms with Crippen LogP contribution in [0.5, 0.6) is 0 Å².